The summed E-state index contributed by atoms with van der Waals surface area (Å²) in [5, 5.41) is 6.09. The van der Waals surface area contributed by atoms with Gasteiger partial charge >= 0.3 is 0 Å². The van der Waals surface area contributed by atoms with Gasteiger partial charge in [-0.15, -0.1) is 11.3 Å². The second-order valence-corrected chi connectivity index (χ2v) is 6.43. The fourth-order valence-electron chi connectivity index (χ4n) is 2.74. The van der Waals surface area contributed by atoms with Gasteiger partial charge in [0, 0.05) is 29.9 Å². The molecule has 4 rings (SSSR count). The summed E-state index contributed by atoms with van der Waals surface area (Å²) in [6.45, 7) is 1.96. The molecule has 0 atom stereocenters. The average Bonchev–Trinajstić information content (AvgIpc) is 3.18. The van der Waals surface area contributed by atoms with E-state index in [2.05, 4.69) is 20.3 Å². The standard InChI is InChI=1S/C18H15N5OS/c1-12-16(23-8-3-7-19-17(23)20-12)15-11-25-18(22-15)21-14-5-2-4-13(10-14)6-9-24/h2-5,7-11H,6H2,1H3,(H,21,22). The zero-order valence-corrected chi connectivity index (χ0v) is 14.3. The molecule has 0 bridgehead atoms. The van der Waals surface area contributed by atoms with Crippen LogP contribution in [0.4, 0.5) is 10.8 Å². The van der Waals surface area contributed by atoms with Gasteiger partial charge in [-0.25, -0.2) is 15.0 Å². The largest absolute Gasteiger partial charge is 0.332 e. The lowest BCUT2D eigenvalue weighted by atomic mass is 10.1. The van der Waals surface area contributed by atoms with Crippen LogP contribution >= 0.6 is 11.3 Å². The lowest BCUT2D eigenvalue weighted by Gasteiger charge is -2.04. The van der Waals surface area contributed by atoms with Crippen LogP contribution in [0, 0.1) is 6.92 Å². The Morgan fingerprint density at radius 1 is 1.28 bits per heavy atom. The van der Waals surface area contributed by atoms with Crippen LogP contribution in [0.2, 0.25) is 0 Å². The molecule has 1 N–H and O–H groups in total. The fourth-order valence-corrected chi connectivity index (χ4v) is 3.46. The molecule has 0 aliphatic rings. The number of imidazole rings is 1. The molecular formula is C18H15N5OS. The van der Waals surface area contributed by atoms with E-state index < -0.39 is 0 Å². The summed E-state index contributed by atoms with van der Waals surface area (Å²) in [7, 11) is 0. The van der Waals surface area contributed by atoms with Gasteiger partial charge in [-0.05, 0) is 30.7 Å². The number of benzene rings is 1. The maximum atomic E-state index is 10.7. The van der Waals surface area contributed by atoms with E-state index in [1.54, 1.807) is 6.20 Å². The van der Waals surface area contributed by atoms with Gasteiger partial charge in [0.05, 0.1) is 11.4 Å². The first-order valence-electron chi connectivity index (χ1n) is 7.80. The van der Waals surface area contributed by atoms with Crippen molar-refractivity contribution >= 4 is 34.2 Å². The van der Waals surface area contributed by atoms with Crippen LogP contribution in [-0.4, -0.2) is 25.6 Å². The Morgan fingerprint density at radius 3 is 3.08 bits per heavy atom. The van der Waals surface area contributed by atoms with E-state index >= 15 is 0 Å². The van der Waals surface area contributed by atoms with Gasteiger partial charge < -0.3 is 10.1 Å². The number of rotatable bonds is 5. The first kappa shape index (κ1) is 15.5. The Labute approximate surface area is 148 Å². The molecule has 3 heterocycles. The average molecular weight is 349 g/mol. The van der Waals surface area contributed by atoms with Gasteiger partial charge in [0.2, 0.25) is 5.78 Å². The van der Waals surface area contributed by atoms with Crippen molar-refractivity contribution in [3.63, 3.8) is 0 Å². The molecule has 4 aromatic rings. The third-order valence-corrected chi connectivity index (χ3v) is 4.58. The van der Waals surface area contributed by atoms with Crippen molar-refractivity contribution in [1.82, 2.24) is 19.4 Å². The van der Waals surface area contributed by atoms with Gasteiger partial charge in [0.1, 0.15) is 12.0 Å². The molecule has 0 saturated carbocycles. The molecule has 0 aliphatic heterocycles. The van der Waals surface area contributed by atoms with E-state index in [9.17, 15) is 4.79 Å². The Kier molecular flexibility index (Phi) is 3.99. The first-order chi connectivity index (χ1) is 12.2. The molecule has 0 aliphatic carbocycles. The van der Waals surface area contributed by atoms with Crippen LogP contribution in [0.25, 0.3) is 17.2 Å². The molecule has 0 amide bonds. The van der Waals surface area contributed by atoms with Gasteiger partial charge in [0.15, 0.2) is 5.13 Å². The van der Waals surface area contributed by atoms with Gasteiger partial charge in [-0.3, -0.25) is 4.40 Å². The van der Waals surface area contributed by atoms with Gasteiger partial charge in [0.25, 0.3) is 0 Å². The minimum atomic E-state index is 0.409. The molecule has 3 aromatic heterocycles. The molecule has 124 valence electrons. The van der Waals surface area contributed by atoms with Crippen molar-refractivity contribution in [1.29, 1.82) is 0 Å². The molecule has 0 fully saturated rings. The van der Waals surface area contributed by atoms with Gasteiger partial charge in [-0.2, -0.15) is 0 Å². The number of aldehydes is 1. The lowest BCUT2D eigenvalue weighted by Crippen LogP contribution is -1.93. The second-order valence-electron chi connectivity index (χ2n) is 5.57. The molecule has 6 nitrogen and oxygen atoms in total. The Bertz CT molecular complexity index is 1050. The van der Waals surface area contributed by atoms with Crippen LogP contribution in [0.15, 0.2) is 48.1 Å². The van der Waals surface area contributed by atoms with Crippen molar-refractivity contribution in [3.05, 3.63) is 59.4 Å². The van der Waals surface area contributed by atoms with Crippen LogP contribution in [-0.2, 0) is 11.2 Å². The van der Waals surface area contributed by atoms with Crippen molar-refractivity contribution in [2.24, 2.45) is 0 Å². The first-order valence-corrected chi connectivity index (χ1v) is 8.68. The molecule has 0 unspecified atom stereocenters. The predicted molar refractivity (Wildman–Crippen MR) is 98.3 cm³/mol. The quantitative estimate of drug-likeness (QED) is 0.557. The number of thiazole rings is 1. The Balaban J connectivity index is 1.65. The Morgan fingerprint density at radius 2 is 2.20 bits per heavy atom. The summed E-state index contributed by atoms with van der Waals surface area (Å²) >= 11 is 1.53. The normalized spacial score (nSPS) is 10.9. The fraction of sp³-hybridized carbons (Fsp3) is 0.111. The smallest absolute Gasteiger partial charge is 0.234 e. The highest BCUT2D eigenvalue weighted by Crippen LogP contribution is 2.29. The number of aryl methyl sites for hydroxylation is 1. The highest BCUT2D eigenvalue weighted by Gasteiger charge is 2.14. The summed E-state index contributed by atoms with van der Waals surface area (Å²) < 4.78 is 1.94. The maximum absolute atomic E-state index is 10.7. The number of carbonyl (C=O) groups excluding carboxylic acids is 1. The lowest BCUT2D eigenvalue weighted by molar-refractivity contribution is -0.107. The SMILES string of the molecule is Cc1nc2ncccn2c1-c1csc(Nc2cccc(CC=O)c2)n1. The summed E-state index contributed by atoms with van der Waals surface area (Å²) in [4.78, 5) is 24.1. The van der Waals surface area contributed by atoms with E-state index in [1.807, 2.05) is 53.2 Å². The highest BCUT2D eigenvalue weighted by molar-refractivity contribution is 7.14. The summed E-state index contributed by atoms with van der Waals surface area (Å²) in [6, 6.07) is 9.65. The van der Waals surface area contributed by atoms with Crippen molar-refractivity contribution in [2.75, 3.05) is 5.32 Å². The minimum Gasteiger partial charge on any atom is -0.332 e. The van der Waals surface area contributed by atoms with Gasteiger partial charge in [-0.1, -0.05) is 12.1 Å². The van der Waals surface area contributed by atoms with Crippen LogP contribution in [0.1, 0.15) is 11.3 Å². The number of nitrogens with zero attached hydrogens (tertiary/aromatic N) is 4. The second kappa shape index (κ2) is 6.45. The van der Waals surface area contributed by atoms with Crippen LogP contribution in [0.3, 0.4) is 0 Å². The molecule has 0 saturated heterocycles. The van der Waals surface area contributed by atoms with Crippen LogP contribution in [0.5, 0.6) is 0 Å². The van der Waals surface area contributed by atoms with Crippen molar-refractivity contribution in [2.45, 2.75) is 13.3 Å². The summed E-state index contributed by atoms with van der Waals surface area (Å²) in [5.41, 5.74) is 4.58. The zero-order chi connectivity index (χ0) is 17.2. The molecule has 1 aromatic carbocycles. The molecule has 0 radical (unpaired) electrons. The molecule has 7 heteroatoms. The topological polar surface area (TPSA) is 72.2 Å². The van der Waals surface area contributed by atoms with E-state index in [0.29, 0.717) is 12.2 Å². The molecule has 25 heavy (non-hydrogen) atoms. The van der Waals surface area contributed by atoms with Crippen LogP contribution < -0.4 is 5.32 Å². The number of hydrogen-bond acceptors (Lipinski definition) is 6. The zero-order valence-electron chi connectivity index (χ0n) is 13.5. The third kappa shape index (κ3) is 3.01. The number of hydrogen-bond donors (Lipinski definition) is 1. The van der Waals surface area contributed by atoms with E-state index in [0.717, 1.165) is 39.8 Å². The van der Waals surface area contributed by atoms with E-state index in [4.69, 9.17) is 0 Å². The minimum absolute atomic E-state index is 0.409. The number of aromatic nitrogens is 4. The number of carbonyl (C=O) groups is 1. The Hall–Kier alpha value is -3.06. The molecular weight excluding hydrogens is 334 g/mol. The van der Waals surface area contributed by atoms with E-state index in [-0.39, 0.29) is 0 Å². The number of anilines is 2. The molecule has 0 spiro atoms. The van der Waals surface area contributed by atoms with Crippen molar-refractivity contribution < 1.29 is 4.79 Å². The third-order valence-electron chi connectivity index (χ3n) is 3.82. The summed E-state index contributed by atoms with van der Waals surface area (Å²) in [6.07, 6.45) is 4.98. The highest BCUT2D eigenvalue weighted by atomic mass is 32.1. The number of fused-ring (bicyclic) bond motifs is 1. The summed E-state index contributed by atoms with van der Waals surface area (Å²) in [5.74, 6) is 0.666. The maximum Gasteiger partial charge on any atom is 0.234 e. The predicted octanol–water partition coefficient (Wildman–Crippen LogP) is 3.65. The van der Waals surface area contributed by atoms with E-state index in [1.165, 1.54) is 11.3 Å². The van der Waals surface area contributed by atoms with Crippen molar-refractivity contribution in [3.8, 4) is 11.4 Å². The monoisotopic (exact) mass is 349 g/mol. The number of nitrogens with one attached hydrogen (secondary N) is 1.